The van der Waals surface area contributed by atoms with E-state index in [9.17, 15) is 5.11 Å². The lowest BCUT2D eigenvalue weighted by Crippen LogP contribution is -2.24. The van der Waals surface area contributed by atoms with Gasteiger partial charge in [0.2, 0.25) is 0 Å². The second kappa shape index (κ2) is 5.05. The van der Waals surface area contributed by atoms with Crippen LogP contribution in [-0.4, -0.2) is 23.2 Å². The maximum Gasteiger partial charge on any atom is 0.108 e. The Kier molecular flexibility index (Phi) is 3.72. The Morgan fingerprint density at radius 1 is 1.53 bits per heavy atom. The maximum atomic E-state index is 9.80. The molecule has 2 rings (SSSR count). The molecule has 1 aromatic rings. The Labute approximate surface area is 98.0 Å². The van der Waals surface area contributed by atoms with Crippen LogP contribution in [0.3, 0.4) is 0 Å². The highest BCUT2D eigenvalue weighted by Gasteiger charge is 2.20. The SMILES string of the molecule is O[C@@H](CNCC1CC1)c1ccc(Br)cn1. The number of nitrogens with one attached hydrogen (secondary N) is 1. The van der Waals surface area contributed by atoms with Crippen molar-refractivity contribution in [1.82, 2.24) is 10.3 Å². The number of rotatable bonds is 5. The molecule has 0 unspecified atom stereocenters. The van der Waals surface area contributed by atoms with E-state index < -0.39 is 6.10 Å². The maximum absolute atomic E-state index is 9.80. The minimum absolute atomic E-state index is 0.503. The summed E-state index contributed by atoms with van der Waals surface area (Å²) in [4.78, 5) is 4.15. The van der Waals surface area contributed by atoms with Crippen molar-refractivity contribution in [3.8, 4) is 0 Å². The van der Waals surface area contributed by atoms with Crippen LogP contribution in [-0.2, 0) is 0 Å². The van der Waals surface area contributed by atoms with Gasteiger partial charge in [-0.3, -0.25) is 4.98 Å². The van der Waals surface area contributed by atoms with E-state index in [-0.39, 0.29) is 0 Å². The monoisotopic (exact) mass is 270 g/mol. The number of hydrogen-bond donors (Lipinski definition) is 2. The van der Waals surface area contributed by atoms with E-state index in [4.69, 9.17) is 0 Å². The van der Waals surface area contributed by atoms with Crippen LogP contribution in [0, 0.1) is 5.92 Å². The third-order valence-corrected chi connectivity index (χ3v) is 3.03. The predicted octanol–water partition coefficient (Wildman–Crippen LogP) is 1.88. The number of aromatic nitrogens is 1. The summed E-state index contributed by atoms with van der Waals surface area (Å²) in [5.41, 5.74) is 0.724. The summed E-state index contributed by atoms with van der Waals surface area (Å²) in [6, 6.07) is 3.74. The van der Waals surface area contributed by atoms with Crippen molar-refractivity contribution in [1.29, 1.82) is 0 Å². The second-order valence-electron chi connectivity index (χ2n) is 4.02. The number of aliphatic hydroxyl groups excluding tert-OH is 1. The van der Waals surface area contributed by atoms with Gasteiger partial charge in [-0.05, 0) is 53.4 Å². The van der Waals surface area contributed by atoms with Gasteiger partial charge in [0.05, 0.1) is 5.69 Å². The van der Waals surface area contributed by atoms with Crippen LogP contribution in [0.1, 0.15) is 24.6 Å². The molecule has 1 saturated carbocycles. The second-order valence-corrected chi connectivity index (χ2v) is 4.93. The fourth-order valence-corrected chi connectivity index (χ4v) is 1.67. The van der Waals surface area contributed by atoms with E-state index in [2.05, 4.69) is 26.2 Å². The fraction of sp³-hybridized carbons (Fsp3) is 0.545. The van der Waals surface area contributed by atoms with E-state index in [1.165, 1.54) is 12.8 Å². The molecule has 0 bridgehead atoms. The van der Waals surface area contributed by atoms with Crippen molar-refractivity contribution in [2.24, 2.45) is 5.92 Å². The van der Waals surface area contributed by atoms with Crippen molar-refractivity contribution in [3.05, 3.63) is 28.5 Å². The first kappa shape index (κ1) is 11.0. The summed E-state index contributed by atoms with van der Waals surface area (Å²) in [6.45, 7) is 1.61. The van der Waals surface area contributed by atoms with Gasteiger partial charge in [-0.15, -0.1) is 0 Å². The molecule has 1 aromatic heterocycles. The summed E-state index contributed by atoms with van der Waals surface area (Å²) in [7, 11) is 0. The highest BCUT2D eigenvalue weighted by molar-refractivity contribution is 9.10. The van der Waals surface area contributed by atoms with E-state index in [0.29, 0.717) is 6.54 Å². The zero-order valence-corrected chi connectivity index (χ0v) is 10.1. The summed E-state index contributed by atoms with van der Waals surface area (Å²) in [5, 5.41) is 13.1. The number of halogens is 1. The smallest absolute Gasteiger partial charge is 0.108 e. The highest BCUT2D eigenvalue weighted by atomic mass is 79.9. The van der Waals surface area contributed by atoms with Crippen molar-refractivity contribution >= 4 is 15.9 Å². The van der Waals surface area contributed by atoms with Gasteiger partial charge < -0.3 is 10.4 Å². The molecule has 2 N–H and O–H groups in total. The molecule has 0 aliphatic heterocycles. The lowest BCUT2D eigenvalue weighted by atomic mass is 10.2. The van der Waals surface area contributed by atoms with Gasteiger partial charge >= 0.3 is 0 Å². The fourth-order valence-electron chi connectivity index (χ4n) is 1.44. The lowest BCUT2D eigenvalue weighted by Gasteiger charge is -2.10. The van der Waals surface area contributed by atoms with Crippen LogP contribution >= 0.6 is 15.9 Å². The van der Waals surface area contributed by atoms with Crippen molar-refractivity contribution in [2.45, 2.75) is 18.9 Å². The topological polar surface area (TPSA) is 45.1 Å². The summed E-state index contributed by atoms with van der Waals surface area (Å²) in [5.74, 6) is 0.843. The average Bonchev–Trinajstić information content (AvgIpc) is 3.02. The van der Waals surface area contributed by atoms with Gasteiger partial charge in [0.25, 0.3) is 0 Å². The Morgan fingerprint density at radius 2 is 2.33 bits per heavy atom. The van der Waals surface area contributed by atoms with Gasteiger partial charge in [-0.25, -0.2) is 0 Å². The first-order valence-corrected chi connectivity index (χ1v) is 6.05. The van der Waals surface area contributed by atoms with Crippen LogP contribution in [0.2, 0.25) is 0 Å². The molecule has 15 heavy (non-hydrogen) atoms. The molecule has 0 spiro atoms. The average molecular weight is 271 g/mol. The quantitative estimate of drug-likeness (QED) is 0.859. The van der Waals surface area contributed by atoms with Crippen LogP contribution in [0.25, 0.3) is 0 Å². The Hall–Kier alpha value is -0.450. The molecular formula is C11H15BrN2O. The first-order chi connectivity index (χ1) is 7.25. The Balaban J connectivity index is 1.78. The number of pyridine rings is 1. The van der Waals surface area contributed by atoms with Crippen molar-refractivity contribution in [3.63, 3.8) is 0 Å². The van der Waals surface area contributed by atoms with Crippen molar-refractivity contribution in [2.75, 3.05) is 13.1 Å². The first-order valence-electron chi connectivity index (χ1n) is 5.26. The molecule has 0 aromatic carbocycles. The van der Waals surface area contributed by atoms with Crippen LogP contribution in [0.4, 0.5) is 0 Å². The molecule has 0 radical (unpaired) electrons. The van der Waals surface area contributed by atoms with E-state index in [1.54, 1.807) is 6.20 Å². The molecule has 82 valence electrons. The van der Waals surface area contributed by atoms with Gasteiger partial charge in [0.15, 0.2) is 0 Å². The molecule has 1 fully saturated rings. The lowest BCUT2D eigenvalue weighted by molar-refractivity contribution is 0.169. The van der Waals surface area contributed by atoms with E-state index in [0.717, 1.165) is 22.6 Å². The molecule has 1 heterocycles. The van der Waals surface area contributed by atoms with Gasteiger partial charge in [0, 0.05) is 17.2 Å². The predicted molar refractivity (Wildman–Crippen MR) is 62.5 cm³/mol. The summed E-state index contributed by atoms with van der Waals surface area (Å²) in [6.07, 6.45) is 3.87. The molecule has 0 amide bonds. The standard InChI is InChI=1S/C11H15BrN2O/c12-9-3-4-10(14-6-9)11(15)7-13-5-8-1-2-8/h3-4,6,8,11,13,15H,1-2,5,7H2/t11-/m0/s1. The number of aliphatic hydroxyl groups is 1. The molecule has 0 saturated heterocycles. The zero-order valence-electron chi connectivity index (χ0n) is 8.49. The molecular weight excluding hydrogens is 256 g/mol. The summed E-state index contributed by atoms with van der Waals surface area (Å²) < 4.78 is 0.935. The third-order valence-electron chi connectivity index (χ3n) is 2.56. The molecule has 3 nitrogen and oxygen atoms in total. The Morgan fingerprint density at radius 3 is 2.93 bits per heavy atom. The van der Waals surface area contributed by atoms with Gasteiger partial charge in [0.1, 0.15) is 6.10 Å². The van der Waals surface area contributed by atoms with E-state index in [1.807, 2.05) is 12.1 Å². The molecule has 1 atom stereocenters. The van der Waals surface area contributed by atoms with E-state index >= 15 is 0 Å². The van der Waals surface area contributed by atoms with Crippen LogP contribution < -0.4 is 5.32 Å². The van der Waals surface area contributed by atoms with Crippen molar-refractivity contribution < 1.29 is 5.11 Å². The third kappa shape index (κ3) is 3.55. The minimum atomic E-state index is -0.503. The number of nitrogens with zero attached hydrogens (tertiary/aromatic N) is 1. The molecule has 1 aliphatic rings. The van der Waals surface area contributed by atoms with Crippen LogP contribution in [0.5, 0.6) is 0 Å². The summed E-state index contributed by atoms with van der Waals surface area (Å²) >= 11 is 3.31. The normalized spacial score (nSPS) is 17.7. The molecule has 1 aliphatic carbocycles. The Bertz CT molecular complexity index is 311. The van der Waals surface area contributed by atoms with Gasteiger partial charge in [-0.1, -0.05) is 0 Å². The minimum Gasteiger partial charge on any atom is -0.385 e. The largest absolute Gasteiger partial charge is 0.385 e. The molecule has 4 heteroatoms. The zero-order chi connectivity index (χ0) is 10.7. The van der Waals surface area contributed by atoms with Crippen LogP contribution in [0.15, 0.2) is 22.8 Å². The van der Waals surface area contributed by atoms with Gasteiger partial charge in [-0.2, -0.15) is 0 Å². The highest BCUT2D eigenvalue weighted by Crippen LogP contribution is 2.27. The number of hydrogen-bond acceptors (Lipinski definition) is 3.